The molecule has 2 heterocycles. The van der Waals surface area contributed by atoms with E-state index in [1.807, 2.05) is 0 Å². The Hall–Kier alpha value is -2.69. The molecule has 180 valence electrons. The van der Waals surface area contributed by atoms with Gasteiger partial charge >= 0.3 is 5.97 Å². The van der Waals surface area contributed by atoms with Gasteiger partial charge in [0.25, 0.3) is 5.56 Å². The predicted molar refractivity (Wildman–Crippen MR) is 134 cm³/mol. The van der Waals surface area contributed by atoms with Gasteiger partial charge in [-0.2, -0.15) is 0 Å². The number of hydrogen-bond acceptors (Lipinski definition) is 8. The van der Waals surface area contributed by atoms with Crippen molar-refractivity contribution >= 4 is 50.9 Å². The summed E-state index contributed by atoms with van der Waals surface area (Å²) >= 11 is 2.82. The van der Waals surface area contributed by atoms with E-state index in [2.05, 4.69) is 5.32 Å². The van der Waals surface area contributed by atoms with Crippen molar-refractivity contribution in [1.29, 1.82) is 0 Å². The molecule has 0 spiro atoms. The summed E-state index contributed by atoms with van der Waals surface area (Å²) in [5.74, 6) is -0.609. The van der Waals surface area contributed by atoms with Crippen LogP contribution in [0.4, 0.5) is 5.69 Å². The van der Waals surface area contributed by atoms with Crippen LogP contribution >= 0.6 is 23.1 Å². The summed E-state index contributed by atoms with van der Waals surface area (Å²) in [6.45, 7) is 3.03. The Balaban J connectivity index is 1.51. The first kappa shape index (κ1) is 24.4. The molecule has 1 N–H and O–H groups in total. The van der Waals surface area contributed by atoms with Crippen molar-refractivity contribution in [3.63, 3.8) is 0 Å². The monoisotopic (exact) mass is 501 g/mol. The second-order valence-corrected chi connectivity index (χ2v) is 9.90. The number of thioether (sulfide) groups is 1. The summed E-state index contributed by atoms with van der Waals surface area (Å²) in [6, 6.07) is 6.62. The number of aryl methyl sites for hydroxylation is 2. The summed E-state index contributed by atoms with van der Waals surface area (Å²) in [4.78, 5) is 44.8. The topological polar surface area (TPSA) is 99.5 Å². The van der Waals surface area contributed by atoms with Crippen LogP contribution in [0.5, 0.6) is 0 Å². The Kier molecular flexibility index (Phi) is 8.02. The number of amides is 1. The van der Waals surface area contributed by atoms with Crippen molar-refractivity contribution < 1.29 is 19.1 Å². The lowest BCUT2D eigenvalue weighted by Crippen LogP contribution is -2.25. The Labute approximate surface area is 205 Å². The number of ether oxygens (including phenoxy) is 2. The van der Waals surface area contributed by atoms with Crippen LogP contribution in [-0.4, -0.2) is 47.5 Å². The molecule has 4 rings (SSSR count). The van der Waals surface area contributed by atoms with Crippen LogP contribution in [0.15, 0.2) is 34.2 Å². The molecule has 1 aromatic carbocycles. The number of carbonyl (C=O) groups excluding carboxylic acids is 2. The van der Waals surface area contributed by atoms with E-state index in [4.69, 9.17) is 14.5 Å². The first-order chi connectivity index (χ1) is 16.5. The maximum absolute atomic E-state index is 13.4. The van der Waals surface area contributed by atoms with Crippen LogP contribution in [0, 0.1) is 0 Å². The van der Waals surface area contributed by atoms with Gasteiger partial charge in [-0.25, -0.2) is 9.78 Å². The fourth-order valence-electron chi connectivity index (χ4n) is 4.00. The summed E-state index contributed by atoms with van der Waals surface area (Å²) in [6.07, 6.45) is 3.67. The summed E-state index contributed by atoms with van der Waals surface area (Å²) in [7, 11) is 1.63. The highest BCUT2D eigenvalue weighted by Crippen LogP contribution is 2.35. The van der Waals surface area contributed by atoms with Crippen molar-refractivity contribution in [2.24, 2.45) is 0 Å². The van der Waals surface area contributed by atoms with Gasteiger partial charge in [-0.3, -0.25) is 14.2 Å². The molecule has 10 heteroatoms. The first-order valence-corrected chi connectivity index (χ1v) is 13.1. The molecule has 0 saturated heterocycles. The van der Waals surface area contributed by atoms with Gasteiger partial charge in [0.2, 0.25) is 5.91 Å². The highest BCUT2D eigenvalue weighted by molar-refractivity contribution is 7.99. The van der Waals surface area contributed by atoms with E-state index >= 15 is 0 Å². The molecule has 0 bridgehead atoms. The van der Waals surface area contributed by atoms with Gasteiger partial charge in [-0.15, -0.1) is 11.3 Å². The van der Waals surface area contributed by atoms with E-state index in [0.717, 1.165) is 35.0 Å². The second-order valence-electron chi connectivity index (χ2n) is 7.87. The van der Waals surface area contributed by atoms with Gasteiger partial charge in [0.05, 0.1) is 23.3 Å². The predicted octanol–water partition coefficient (Wildman–Crippen LogP) is 3.89. The normalized spacial score (nSPS) is 12.6. The number of aromatic nitrogens is 2. The minimum Gasteiger partial charge on any atom is -0.462 e. The van der Waals surface area contributed by atoms with Gasteiger partial charge in [0, 0.05) is 30.8 Å². The second kappa shape index (κ2) is 11.2. The fraction of sp³-hybridized carbons (Fsp3) is 0.417. The average Bonchev–Trinajstić information content (AvgIpc) is 3.41. The highest BCUT2D eigenvalue weighted by atomic mass is 32.2. The molecule has 1 aliphatic rings. The number of esters is 1. The maximum atomic E-state index is 13.4. The molecule has 0 fully saturated rings. The molecule has 8 nitrogen and oxygen atoms in total. The van der Waals surface area contributed by atoms with Crippen molar-refractivity contribution in [1.82, 2.24) is 9.55 Å². The van der Waals surface area contributed by atoms with Crippen LogP contribution in [0.3, 0.4) is 0 Å². The Morgan fingerprint density at radius 1 is 1.29 bits per heavy atom. The Bertz CT molecular complexity index is 1270. The van der Waals surface area contributed by atoms with Crippen molar-refractivity contribution in [2.45, 2.75) is 44.3 Å². The van der Waals surface area contributed by atoms with E-state index in [0.29, 0.717) is 36.0 Å². The summed E-state index contributed by atoms with van der Waals surface area (Å²) in [5, 5.41) is 4.07. The number of nitrogens with zero attached hydrogens (tertiary/aromatic N) is 2. The summed E-state index contributed by atoms with van der Waals surface area (Å²) < 4.78 is 11.8. The van der Waals surface area contributed by atoms with Gasteiger partial charge in [0.15, 0.2) is 5.16 Å². The van der Waals surface area contributed by atoms with Gasteiger partial charge in [-0.1, -0.05) is 17.8 Å². The van der Waals surface area contributed by atoms with E-state index in [9.17, 15) is 14.4 Å². The lowest BCUT2D eigenvalue weighted by Gasteiger charge is -2.12. The molecule has 3 aromatic rings. The zero-order chi connectivity index (χ0) is 24.1. The number of benzene rings is 1. The molecular formula is C24H27N3O5S2. The number of fused-ring (bicyclic) bond motifs is 3. The Morgan fingerprint density at radius 2 is 2.15 bits per heavy atom. The molecule has 2 aromatic heterocycles. The van der Waals surface area contributed by atoms with Crippen LogP contribution in [0.2, 0.25) is 0 Å². The van der Waals surface area contributed by atoms with Crippen LogP contribution in [0.1, 0.15) is 40.6 Å². The lowest BCUT2D eigenvalue weighted by molar-refractivity contribution is -0.113. The molecule has 34 heavy (non-hydrogen) atoms. The summed E-state index contributed by atoms with van der Waals surface area (Å²) in [5.41, 5.74) is 1.99. The number of thiophene rings is 1. The molecule has 0 atom stereocenters. The van der Waals surface area contributed by atoms with Gasteiger partial charge < -0.3 is 14.8 Å². The van der Waals surface area contributed by atoms with Gasteiger partial charge in [0.1, 0.15) is 4.83 Å². The molecular weight excluding hydrogens is 474 g/mol. The molecule has 0 saturated carbocycles. The minimum absolute atomic E-state index is 0.0365. The van der Waals surface area contributed by atoms with Crippen molar-refractivity contribution in [3.05, 3.63) is 50.6 Å². The fourth-order valence-corrected chi connectivity index (χ4v) is 6.13. The first-order valence-electron chi connectivity index (χ1n) is 11.3. The van der Waals surface area contributed by atoms with Crippen molar-refractivity contribution in [3.8, 4) is 0 Å². The highest BCUT2D eigenvalue weighted by Gasteiger charge is 2.23. The molecule has 0 aliphatic heterocycles. The van der Waals surface area contributed by atoms with Gasteiger partial charge in [-0.05, 0) is 56.4 Å². The van der Waals surface area contributed by atoms with Crippen LogP contribution < -0.4 is 10.9 Å². The lowest BCUT2D eigenvalue weighted by atomic mass is 10.2. The molecule has 1 aliphatic carbocycles. The zero-order valence-electron chi connectivity index (χ0n) is 19.2. The third-order valence-corrected chi connectivity index (χ3v) is 7.67. The van der Waals surface area contributed by atoms with Crippen LogP contribution in [0.25, 0.3) is 10.2 Å². The standard InChI is InChI=1S/C24H27N3O5S2/c1-3-32-23(30)15-7-4-8-16(13-15)25-19(28)14-33-24-26-21-20(17-9-5-10-18(17)34-21)22(29)27(24)11-6-12-31-2/h4,7-8,13H,3,5-6,9-12,14H2,1-2H3,(H,25,28). The third kappa shape index (κ3) is 5.34. The van der Waals surface area contributed by atoms with Crippen molar-refractivity contribution in [2.75, 3.05) is 31.4 Å². The average molecular weight is 502 g/mol. The van der Waals surface area contributed by atoms with E-state index in [-0.39, 0.29) is 23.8 Å². The minimum atomic E-state index is -0.437. The molecule has 1 amide bonds. The number of rotatable bonds is 10. The quantitative estimate of drug-likeness (QED) is 0.195. The maximum Gasteiger partial charge on any atom is 0.338 e. The zero-order valence-corrected chi connectivity index (χ0v) is 20.9. The SMILES string of the molecule is CCOC(=O)c1cccc(NC(=O)CSc2nc3sc4c(c3c(=O)n2CCCOC)CCC4)c1. The number of methoxy groups -OCH3 is 1. The van der Waals surface area contributed by atoms with E-state index < -0.39 is 5.97 Å². The largest absolute Gasteiger partial charge is 0.462 e. The number of nitrogens with one attached hydrogen (secondary N) is 1. The Morgan fingerprint density at radius 3 is 2.94 bits per heavy atom. The van der Waals surface area contributed by atoms with E-state index in [1.165, 1.54) is 16.6 Å². The number of hydrogen-bond donors (Lipinski definition) is 1. The number of carbonyl (C=O) groups is 2. The molecule has 0 unspecified atom stereocenters. The molecule has 0 radical (unpaired) electrons. The third-order valence-electron chi connectivity index (χ3n) is 5.51. The smallest absolute Gasteiger partial charge is 0.338 e. The van der Waals surface area contributed by atoms with Crippen LogP contribution in [-0.2, 0) is 33.7 Å². The number of anilines is 1. The van der Waals surface area contributed by atoms with E-state index in [1.54, 1.807) is 54.2 Å².